The van der Waals surface area contributed by atoms with Crippen LogP contribution in [0.5, 0.6) is 5.75 Å². The van der Waals surface area contributed by atoms with Gasteiger partial charge in [-0.2, -0.15) is 0 Å². The van der Waals surface area contributed by atoms with E-state index in [-0.39, 0.29) is 9.92 Å². The van der Waals surface area contributed by atoms with Gasteiger partial charge in [-0.05, 0) is 44.2 Å². The predicted octanol–water partition coefficient (Wildman–Crippen LogP) is 3.85. The van der Waals surface area contributed by atoms with Gasteiger partial charge in [0.2, 0.25) is 0 Å². The first kappa shape index (κ1) is 15.7. The van der Waals surface area contributed by atoms with Gasteiger partial charge in [0.15, 0.2) is 0 Å². The highest BCUT2D eigenvalue weighted by Gasteiger charge is 2.16. The van der Waals surface area contributed by atoms with Crippen LogP contribution in [0.1, 0.15) is 12.5 Å². The van der Waals surface area contributed by atoms with Crippen LogP contribution in [0.25, 0.3) is 0 Å². The molecule has 112 valence electrons. The van der Waals surface area contributed by atoms with Crippen molar-refractivity contribution in [2.75, 3.05) is 11.3 Å². The van der Waals surface area contributed by atoms with Gasteiger partial charge in [-0.3, -0.25) is 4.72 Å². The Hall–Kier alpha value is -1.72. The van der Waals surface area contributed by atoms with Crippen LogP contribution < -0.4 is 9.46 Å². The molecule has 0 radical (unpaired) electrons. The maximum atomic E-state index is 12.3. The summed E-state index contributed by atoms with van der Waals surface area (Å²) in [6.07, 6.45) is 0. The molecule has 0 saturated carbocycles. The fourth-order valence-corrected chi connectivity index (χ4v) is 3.14. The van der Waals surface area contributed by atoms with Crippen LogP contribution in [0.3, 0.4) is 0 Å². The molecule has 0 atom stereocenters. The highest BCUT2D eigenvalue weighted by molar-refractivity contribution is 7.92. The Balaban J connectivity index is 2.27. The Labute approximate surface area is 129 Å². The van der Waals surface area contributed by atoms with Gasteiger partial charge in [0.25, 0.3) is 10.0 Å². The largest absolute Gasteiger partial charge is 0.492 e. The fraction of sp³-hybridized carbons (Fsp3) is 0.200. The average molecular weight is 326 g/mol. The van der Waals surface area contributed by atoms with E-state index >= 15 is 0 Å². The number of halogens is 1. The van der Waals surface area contributed by atoms with Crippen LogP contribution in [-0.4, -0.2) is 15.0 Å². The van der Waals surface area contributed by atoms with Crippen LogP contribution in [0.4, 0.5) is 5.69 Å². The molecule has 0 saturated heterocycles. The Bertz CT molecular complexity index is 727. The first-order valence-electron chi connectivity index (χ1n) is 6.44. The van der Waals surface area contributed by atoms with E-state index in [1.807, 2.05) is 26.0 Å². The normalized spacial score (nSPS) is 11.2. The lowest BCUT2D eigenvalue weighted by atomic mass is 10.2. The number of hydrogen-bond donors (Lipinski definition) is 1. The monoisotopic (exact) mass is 325 g/mol. The van der Waals surface area contributed by atoms with E-state index in [9.17, 15) is 8.42 Å². The minimum Gasteiger partial charge on any atom is -0.492 e. The number of hydrogen-bond acceptors (Lipinski definition) is 3. The van der Waals surface area contributed by atoms with Crippen molar-refractivity contribution in [2.45, 2.75) is 18.7 Å². The number of ether oxygens (including phenoxy) is 1. The molecule has 21 heavy (non-hydrogen) atoms. The molecule has 2 aromatic rings. The van der Waals surface area contributed by atoms with Crippen LogP contribution in [0.2, 0.25) is 5.02 Å². The molecule has 0 amide bonds. The topological polar surface area (TPSA) is 55.4 Å². The van der Waals surface area contributed by atoms with Crippen molar-refractivity contribution < 1.29 is 13.2 Å². The van der Waals surface area contributed by atoms with Crippen LogP contribution in [0, 0.1) is 6.92 Å². The van der Waals surface area contributed by atoms with Crippen molar-refractivity contribution in [1.29, 1.82) is 0 Å². The second-order valence-corrected chi connectivity index (χ2v) is 6.59. The highest BCUT2D eigenvalue weighted by atomic mass is 35.5. The van der Waals surface area contributed by atoms with E-state index < -0.39 is 10.0 Å². The third-order valence-corrected chi connectivity index (χ3v) is 4.49. The van der Waals surface area contributed by atoms with Gasteiger partial charge >= 0.3 is 0 Å². The summed E-state index contributed by atoms with van der Waals surface area (Å²) in [6.45, 7) is 4.23. The van der Waals surface area contributed by atoms with E-state index in [0.717, 1.165) is 5.56 Å². The molecule has 0 aliphatic rings. The van der Waals surface area contributed by atoms with Crippen molar-refractivity contribution in [3.05, 3.63) is 53.1 Å². The second-order valence-electron chi connectivity index (χ2n) is 4.50. The lowest BCUT2D eigenvalue weighted by Crippen LogP contribution is -2.13. The quantitative estimate of drug-likeness (QED) is 0.908. The zero-order valence-corrected chi connectivity index (χ0v) is 13.3. The maximum absolute atomic E-state index is 12.3. The summed E-state index contributed by atoms with van der Waals surface area (Å²) in [5.41, 5.74) is 1.56. The number of benzene rings is 2. The van der Waals surface area contributed by atoms with Crippen LogP contribution in [-0.2, 0) is 10.0 Å². The molecular weight excluding hydrogens is 310 g/mol. The SMILES string of the molecule is CCOc1ccc(S(=O)(=O)Nc2ccc(C)cc2)cc1Cl. The summed E-state index contributed by atoms with van der Waals surface area (Å²) in [4.78, 5) is 0.0940. The number of sulfonamides is 1. The van der Waals surface area contributed by atoms with Gasteiger partial charge in [-0.15, -0.1) is 0 Å². The summed E-state index contributed by atoms with van der Waals surface area (Å²) in [5.74, 6) is 0.466. The molecule has 0 aliphatic carbocycles. The fourth-order valence-electron chi connectivity index (χ4n) is 1.76. The molecule has 0 heterocycles. The van der Waals surface area contributed by atoms with E-state index in [1.54, 1.807) is 18.2 Å². The molecule has 6 heteroatoms. The van der Waals surface area contributed by atoms with Gasteiger partial charge in [0.05, 0.1) is 16.5 Å². The summed E-state index contributed by atoms with van der Waals surface area (Å²) in [6, 6.07) is 11.5. The van der Waals surface area contributed by atoms with Crippen molar-refractivity contribution in [2.24, 2.45) is 0 Å². The standard InChI is InChI=1S/C15H16ClNO3S/c1-3-20-15-9-8-13(10-14(15)16)21(18,19)17-12-6-4-11(2)5-7-12/h4-10,17H,3H2,1-2H3. The third-order valence-electron chi connectivity index (χ3n) is 2.82. The second kappa shape index (κ2) is 6.37. The first-order chi connectivity index (χ1) is 9.92. The van der Waals surface area contributed by atoms with E-state index in [1.165, 1.54) is 12.1 Å². The molecule has 0 aliphatic heterocycles. The Morgan fingerprint density at radius 2 is 1.81 bits per heavy atom. The Kier molecular flexibility index (Phi) is 4.75. The van der Waals surface area contributed by atoms with Crippen LogP contribution >= 0.6 is 11.6 Å². The van der Waals surface area contributed by atoms with E-state index in [2.05, 4.69) is 4.72 Å². The lowest BCUT2D eigenvalue weighted by Gasteiger charge is -2.10. The minimum absolute atomic E-state index is 0.0940. The molecule has 1 N–H and O–H groups in total. The van der Waals surface area contributed by atoms with Crippen molar-refractivity contribution in [3.8, 4) is 5.75 Å². The van der Waals surface area contributed by atoms with Gasteiger partial charge in [-0.25, -0.2) is 8.42 Å². The van der Waals surface area contributed by atoms with E-state index in [4.69, 9.17) is 16.3 Å². The molecule has 0 spiro atoms. The smallest absolute Gasteiger partial charge is 0.261 e. The Morgan fingerprint density at radius 1 is 1.14 bits per heavy atom. The molecule has 2 aromatic carbocycles. The first-order valence-corrected chi connectivity index (χ1v) is 8.30. The lowest BCUT2D eigenvalue weighted by molar-refractivity contribution is 0.340. The van der Waals surface area contributed by atoms with Gasteiger partial charge in [0, 0.05) is 5.69 Å². The van der Waals surface area contributed by atoms with Crippen molar-refractivity contribution in [3.63, 3.8) is 0 Å². The summed E-state index contributed by atoms with van der Waals surface area (Å²) in [7, 11) is -3.67. The summed E-state index contributed by atoms with van der Waals surface area (Å²) in [5, 5.41) is 0.267. The molecule has 0 fully saturated rings. The molecule has 0 bridgehead atoms. The van der Waals surface area contributed by atoms with Gasteiger partial charge in [-0.1, -0.05) is 29.3 Å². The molecule has 2 rings (SSSR count). The molecular formula is C15H16ClNO3S. The zero-order valence-electron chi connectivity index (χ0n) is 11.8. The third kappa shape index (κ3) is 3.89. The number of anilines is 1. The maximum Gasteiger partial charge on any atom is 0.261 e. The molecule has 0 aromatic heterocycles. The molecule has 0 unspecified atom stereocenters. The average Bonchev–Trinajstić information content (AvgIpc) is 2.43. The molecule has 4 nitrogen and oxygen atoms in total. The number of nitrogens with one attached hydrogen (secondary N) is 1. The number of rotatable bonds is 5. The van der Waals surface area contributed by atoms with Gasteiger partial charge < -0.3 is 4.74 Å². The summed E-state index contributed by atoms with van der Waals surface area (Å²) >= 11 is 6.02. The highest BCUT2D eigenvalue weighted by Crippen LogP contribution is 2.28. The zero-order chi connectivity index (χ0) is 15.5. The predicted molar refractivity (Wildman–Crippen MR) is 84.6 cm³/mol. The van der Waals surface area contributed by atoms with Crippen LogP contribution in [0.15, 0.2) is 47.4 Å². The summed E-state index contributed by atoms with van der Waals surface area (Å²) < 4.78 is 32.4. The minimum atomic E-state index is -3.67. The van der Waals surface area contributed by atoms with E-state index in [0.29, 0.717) is 18.0 Å². The van der Waals surface area contributed by atoms with Crippen molar-refractivity contribution >= 4 is 27.3 Å². The Morgan fingerprint density at radius 3 is 2.38 bits per heavy atom. The van der Waals surface area contributed by atoms with Crippen molar-refractivity contribution in [1.82, 2.24) is 0 Å². The number of aryl methyl sites for hydroxylation is 1. The van der Waals surface area contributed by atoms with Gasteiger partial charge in [0.1, 0.15) is 5.75 Å².